The summed E-state index contributed by atoms with van der Waals surface area (Å²) in [6, 6.07) is 6.12. The normalized spacial score (nSPS) is 14.2. The highest BCUT2D eigenvalue weighted by molar-refractivity contribution is 6.33. The molecule has 0 saturated heterocycles. The highest BCUT2D eigenvalue weighted by atomic mass is 35.5. The molecule has 0 aliphatic carbocycles. The Kier molecular flexibility index (Phi) is 6.21. The molecule has 0 aromatic carbocycles. The zero-order valence-electron chi connectivity index (χ0n) is 19.1. The third kappa shape index (κ3) is 4.32. The predicted molar refractivity (Wildman–Crippen MR) is 127 cm³/mol. The van der Waals surface area contributed by atoms with E-state index in [-0.39, 0.29) is 23.0 Å². The smallest absolute Gasteiger partial charge is 0.420 e. The number of halogens is 4. The quantitative estimate of drug-likeness (QED) is 0.326. The van der Waals surface area contributed by atoms with Crippen molar-refractivity contribution in [2.75, 3.05) is 19.7 Å². The minimum absolute atomic E-state index is 0.191. The lowest BCUT2D eigenvalue weighted by molar-refractivity contribution is -0.136. The minimum atomic E-state index is -4.71. The molecule has 5 heterocycles. The summed E-state index contributed by atoms with van der Waals surface area (Å²) >= 11 is 6.43. The van der Waals surface area contributed by atoms with Gasteiger partial charge in [0.25, 0.3) is 5.91 Å². The number of alkyl halides is 3. The van der Waals surface area contributed by atoms with Gasteiger partial charge >= 0.3 is 6.18 Å². The van der Waals surface area contributed by atoms with Crippen molar-refractivity contribution >= 4 is 28.7 Å². The number of rotatable bonds is 5. The second-order valence-electron chi connectivity index (χ2n) is 8.11. The molecule has 0 atom stereocenters. The minimum Gasteiger partial charge on any atom is -0.492 e. The van der Waals surface area contributed by atoms with Crippen LogP contribution in [0.3, 0.4) is 0 Å². The Morgan fingerprint density at radius 3 is 2.78 bits per heavy atom. The third-order valence-corrected chi connectivity index (χ3v) is 6.26. The van der Waals surface area contributed by atoms with Crippen molar-refractivity contribution in [3.05, 3.63) is 77.4 Å². The van der Waals surface area contributed by atoms with Gasteiger partial charge in [-0.1, -0.05) is 17.7 Å². The van der Waals surface area contributed by atoms with E-state index in [9.17, 15) is 18.0 Å². The maximum Gasteiger partial charge on any atom is 0.420 e. The van der Waals surface area contributed by atoms with Crippen molar-refractivity contribution in [1.29, 1.82) is 0 Å². The van der Waals surface area contributed by atoms with E-state index in [1.807, 2.05) is 19.1 Å². The van der Waals surface area contributed by atoms with E-state index >= 15 is 0 Å². The lowest BCUT2D eigenvalue weighted by atomic mass is 10.0. The topological polar surface area (TPSA) is 72.9 Å². The third-order valence-electron chi connectivity index (χ3n) is 5.90. The maximum absolute atomic E-state index is 13.9. The molecule has 4 aromatic rings. The van der Waals surface area contributed by atoms with Gasteiger partial charge in [-0.15, -0.1) is 0 Å². The molecule has 0 unspecified atom stereocenters. The zero-order chi connectivity index (χ0) is 25.4. The summed E-state index contributed by atoms with van der Waals surface area (Å²) < 4.78 is 53.4. The van der Waals surface area contributed by atoms with E-state index in [2.05, 4.69) is 9.97 Å². The summed E-state index contributed by atoms with van der Waals surface area (Å²) in [7, 11) is 0. The van der Waals surface area contributed by atoms with Gasteiger partial charge in [-0.25, -0.2) is 4.98 Å². The van der Waals surface area contributed by atoms with Gasteiger partial charge in [-0.3, -0.25) is 14.2 Å². The molecule has 0 radical (unpaired) electrons. The molecule has 1 aliphatic rings. The number of carbonyl (C=O) groups excluding carboxylic acids is 1. The summed E-state index contributed by atoms with van der Waals surface area (Å²) in [6.07, 6.45) is 3.40. The molecule has 1 aliphatic heterocycles. The van der Waals surface area contributed by atoms with Crippen molar-refractivity contribution < 1.29 is 27.1 Å². The van der Waals surface area contributed by atoms with Crippen LogP contribution in [0.15, 0.2) is 59.7 Å². The number of aromatic nitrogens is 3. The largest absolute Gasteiger partial charge is 0.492 e. The van der Waals surface area contributed by atoms with Crippen LogP contribution in [0.1, 0.15) is 35.1 Å². The highest BCUT2D eigenvalue weighted by Crippen LogP contribution is 2.37. The number of amides is 1. The molecule has 36 heavy (non-hydrogen) atoms. The highest BCUT2D eigenvalue weighted by Gasteiger charge is 2.36. The fourth-order valence-electron chi connectivity index (χ4n) is 4.17. The average molecular weight is 517 g/mol. The fourth-order valence-corrected chi connectivity index (χ4v) is 4.42. The summed E-state index contributed by atoms with van der Waals surface area (Å²) in [6.45, 7) is 2.93. The van der Waals surface area contributed by atoms with Gasteiger partial charge in [0.15, 0.2) is 11.3 Å². The van der Waals surface area contributed by atoms with E-state index in [1.54, 1.807) is 12.3 Å². The average Bonchev–Trinajstić information content (AvgIpc) is 3.52. The molecule has 0 spiro atoms. The second kappa shape index (κ2) is 9.34. The molecule has 0 saturated carbocycles. The SMILES string of the molecule is CCOc1cccnc1C1=CCN(C(=O)c2nc3c(C(F)(F)F)cc(-c4ccoc4)cn3c2Cl)CC1. The number of hydrogen-bond donors (Lipinski definition) is 0. The van der Waals surface area contributed by atoms with Gasteiger partial charge < -0.3 is 14.1 Å². The number of imidazole rings is 1. The van der Waals surface area contributed by atoms with Crippen molar-refractivity contribution in [2.24, 2.45) is 0 Å². The summed E-state index contributed by atoms with van der Waals surface area (Å²) in [5.41, 5.74) is 0.624. The molecule has 186 valence electrons. The van der Waals surface area contributed by atoms with Crippen LogP contribution in [0.25, 0.3) is 22.3 Å². The van der Waals surface area contributed by atoms with Gasteiger partial charge in [0.2, 0.25) is 0 Å². The first-order chi connectivity index (χ1) is 17.3. The van der Waals surface area contributed by atoms with Crippen molar-refractivity contribution in [2.45, 2.75) is 19.5 Å². The Balaban J connectivity index is 1.48. The van der Waals surface area contributed by atoms with Crippen molar-refractivity contribution in [3.63, 3.8) is 0 Å². The Labute approximate surface area is 208 Å². The Hall–Kier alpha value is -3.79. The zero-order valence-corrected chi connectivity index (χ0v) is 19.8. The lowest BCUT2D eigenvalue weighted by Gasteiger charge is -2.26. The number of pyridine rings is 2. The first-order valence-electron chi connectivity index (χ1n) is 11.2. The molecule has 5 rings (SSSR count). The number of furan rings is 1. The van der Waals surface area contributed by atoms with Gasteiger partial charge in [0.1, 0.15) is 16.6 Å². The van der Waals surface area contributed by atoms with Crippen LogP contribution >= 0.6 is 11.6 Å². The number of hydrogen-bond acceptors (Lipinski definition) is 5. The molecule has 7 nitrogen and oxygen atoms in total. The second-order valence-corrected chi connectivity index (χ2v) is 8.47. The maximum atomic E-state index is 13.9. The van der Waals surface area contributed by atoms with Crippen LogP contribution in [0, 0.1) is 0 Å². The lowest BCUT2D eigenvalue weighted by Crippen LogP contribution is -2.35. The molecule has 11 heteroatoms. The van der Waals surface area contributed by atoms with Gasteiger partial charge in [0.05, 0.1) is 24.7 Å². The van der Waals surface area contributed by atoms with Crippen molar-refractivity contribution in [1.82, 2.24) is 19.3 Å². The Morgan fingerprint density at radius 1 is 1.28 bits per heavy atom. The number of carbonyl (C=O) groups is 1. The molecular formula is C25H20ClF3N4O3. The first-order valence-corrected chi connectivity index (χ1v) is 11.5. The van der Waals surface area contributed by atoms with Gasteiger partial charge in [-0.2, -0.15) is 13.2 Å². The number of fused-ring (bicyclic) bond motifs is 1. The van der Waals surface area contributed by atoms with Crippen LogP contribution in [-0.2, 0) is 6.18 Å². The fraction of sp³-hybridized carbons (Fsp3) is 0.240. The van der Waals surface area contributed by atoms with Gasteiger partial charge in [-0.05, 0) is 43.2 Å². The molecule has 0 N–H and O–H groups in total. The summed E-state index contributed by atoms with van der Waals surface area (Å²) in [4.78, 5) is 23.2. The van der Waals surface area contributed by atoms with Crippen molar-refractivity contribution in [3.8, 4) is 16.9 Å². The van der Waals surface area contributed by atoms with E-state index in [4.69, 9.17) is 20.8 Å². The van der Waals surface area contributed by atoms with Crippen LogP contribution in [0.4, 0.5) is 13.2 Å². The van der Waals surface area contributed by atoms with Crippen LogP contribution < -0.4 is 4.74 Å². The Bertz CT molecular complexity index is 1460. The van der Waals surface area contributed by atoms with Crippen LogP contribution in [0.2, 0.25) is 5.15 Å². The van der Waals surface area contributed by atoms with E-state index in [0.717, 1.165) is 16.0 Å². The summed E-state index contributed by atoms with van der Waals surface area (Å²) in [5.74, 6) is 0.102. The van der Waals surface area contributed by atoms with Gasteiger partial charge in [0, 0.05) is 36.6 Å². The molecule has 4 aromatic heterocycles. The van der Waals surface area contributed by atoms with E-state index < -0.39 is 23.3 Å². The molecule has 0 fully saturated rings. The number of ether oxygens (including phenoxy) is 1. The van der Waals surface area contributed by atoms with Crippen LogP contribution in [-0.4, -0.2) is 44.9 Å². The summed E-state index contributed by atoms with van der Waals surface area (Å²) in [5, 5.41) is -0.191. The Morgan fingerprint density at radius 2 is 2.11 bits per heavy atom. The van der Waals surface area contributed by atoms with Crippen LogP contribution in [0.5, 0.6) is 5.75 Å². The van der Waals surface area contributed by atoms with E-state index in [1.165, 1.54) is 29.7 Å². The first kappa shape index (κ1) is 23.9. The predicted octanol–water partition coefficient (Wildman–Crippen LogP) is 5.99. The molecule has 1 amide bonds. The molecule has 0 bridgehead atoms. The van der Waals surface area contributed by atoms with E-state index in [0.29, 0.717) is 36.6 Å². The standard InChI is InChI=1S/C25H20ClF3N4O3/c1-2-36-19-4-3-8-30-20(19)15-5-9-32(10-6-15)24(34)21-22(26)33-13-17(16-7-11-35-14-16)12-18(23(33)31-21)25(27,28)29/h3-5,7-8,11-14H,2,6,9-10H2,1H3. The number of nitrogens with zero attached hydrogens (tertiary/aromatic N) is 4. The molecular weight excluding hydrogens is 497 g/mol. The monoisotopic (exact) mass is 516 g/mol.